The number of nitrogens with zero attached hydrogens (tertiary/aromatic N) is 2. The topological polar surface area (TPSA) is 94.3 Å². The third-order valence-corrected chi connectivity index (χ3v) is 6.80. The molecule has 0 radical (unpaired) electrons. The molecular weight excluding hydrogens is 444 g/mol. The Balaban J connectivity index is 1.84. The van der Waals surface area contributed by atoms with Gasteiger partial charge in [0.2, 0.25) is 0 Å². The fraction of sp³-hybridized carbons (Fsp3) is 0.250. The zero-order valence-electron chi connectivity index (χ0n) is 18.5. The van der Waals surface area contributed by atoms with E-state index in [-0.39, 0.29) is 22.4 Å². The molecule has 1 atom stereocenters. The van der Waals surface area contributed by atoms with Crippen molar-refractivity contribution in [1.82, 2.24) is 4.31 Å². The predicted octanol–water partition coefficient (Wildman–Crippen LogP) is 4.98. The Hall–Kier alpha value is -3.43. The zero-order valence-corrected chi connectivity index (χ0v) is 19.3. The molecule has 172 valence electrons. The maximum atomic E-state index is 11.6. The lowest BCUT2D eigenvalue weighted by atomic mass is 9.89. The molecule has 8 nitrogen and oxygen atoms in total. The minimum atomic E-state index is -0.368. The van der Waals surface area contributed by atoms with Crippen molar-refractivity contribution >= 4 is 17.6 Å². The average Bonchev–Trinajstić information content (AvgIpc) is 2.83. The van der Waals surface area contributed by atoms with Gasteiger partial charge < -0.3 is 19.3 Å². The highest BCUT2D eigenvalue weighted by Crippen LogP contribution is 2.47. The van der Waals surface area contributed by atoms with Crippen molar-refractivity contribution in [3.8, 4) is 23.0 Å². The van der Waals surface area contributed by atoms with Gasteiger partial charge >= 0.3 is 0 Å². The molecule has 4 rings (SSSR count). The van der Waals surface area contributed by atoms with E-state index in [4.69, 9.17) is 14.2 Å². The SMILES string of the molecule is COc1cc2c(cc1O)CCN(Sc1ccccc1[N+](=O)[O-])C2c1ccc(OC)c(OC)c1. The van der Waals surface area contributed by atoms with Crippen molar-refractivity contribution in [3.05, 3.63) is 81.4 Å². The maximum Gasteiger partial charge on any atom is 0.284 e. The highest BCUT2D eigenvalue weighted by molar-refractivity contribution is 7.97. The second kappa shape index (κ2) is 9.60. The number of nitro groups is 1. The van der Waals surface area contributed by atoms with Crippen LogP contribution in [0.2, 0.25) is 0 Å². The van der Waals surface area contributed by atoms with E-state index in [0.29, 0.717) is 35.1 Å². The van der Waals surface area contributed by atoms with Gasteiger partial charge in [-0.05, 0) is 65.4 Å². The standard InChI is InChI=1S/C24H24N2O6S/c1-30-20-9-8-16(13-22(20)32-3)24-17-14-21(31-2)19(27)12-15(17)10-11-25(24)33-23-7-5-4-6-18(23)26(28)29/h4-9,12-14,24,27H,10-11H2,1-3H3. The van der Waals surface area contributed by atoms with Gasteiger partial charge in [-0.1, -0.05) is 18.2 Å². The number of methoxy groups -OCH3 is 3. The highest BCUT2D eigenvalue weighted by atomic mass is 32.2. The second-order valence-electron chi connectivity index (χ2n) is 7.45. The molecule has 0 amide bonds. The molecule has 33 heavy (non-hydrogen) atoms. The molecule has 0 saturated carbocycles. The quantitative estimate of drug-likeness (QED) is 0.295. The van der Waals surface area contributed by atoms with Crippen LogP contribution >= 0.6 is 11.9 Å². The summed E-state index contributed by atoms with van der Waals surface area (Å²) in [7, 11) is 4.67. The minimum absolute atomic E-state index is 0.0580. The number of ether oxygens (including phenoxy) is 3. The Kier molecular flexibility index (Phi) is 6.62. The molecule has 1 N–H and O–H groups in total. The molecule has 3 aromatic rings. The Morgan fingerprint density at radius 1 is 1.00 bits per heavy atom. The summed E-state index contributed by atoms with van der Waals surface area (Å²) in [5, 5.41) is 21.9. The first kappa shape index (κ1) is 22.8. The van der Waals surface area contributed by atoms with Gasteiger partial charge in [-0.25, -0.2) is 4.31 Å². The Bertz CT molecular complexity index is 1190. The zero-order chi connectivity index (χ0) is 23.5. The number of nitro benzene ring substituents is 1. The third kappa shape index (κ3) is 4.42. The minimum Gasteiger partial charge on any atom is -0.504 e. The number of hydrogen-bond donors (Lipinski definition) is 1. The molecular formula is C24H24N2O6S. The number of phenols is 1. The Morgan fingerprint density at radius 2 is 1.73 bits per heavy atom. The second-order valence-corrected chi connectivity index (χ2v) is 8.54. The number of fused-ring (bicyclic) bond motifs is 1. The summed E-state index contributed by atoms with van der Waals surface area (Å²) in [6.07, 6.45) is 0.671. The number of hydrogen-bond acceptors (Lipinski definition) is 8. The van der Waals surface area contributed by atoms with Crippen LogP contribution in [0.1, 0.15) is 22.7 Å². The van der Waals surface area contributed by atoms with Crippen molar-refractivity contribution in [2.75, 3.05) is 27.9 Å². The first-order valence-electron chi connectivity index (χ1n) is 10.3. The summed E-state index contributed by atoms with van der Waals surface area (Å²) in [4.78, 5) is 11.8. The molecule has 1 aliphatic heterocycles. The molecule has 1 aliphatic rings. The van der Waals surface area contributed by atoms with Gasteiger partial charge in [0.1, 0.15) is 4.90 Å². The van der Waals surface area contributed by atoms with Crippen LogP contribution in [-0.2, 0) is 6.42 Å². The van der Waals surface area contributed by atoms with Gasteiger partial charge in [0.05, 0.1) is 32.3 Å². The summed E-state index contributed by atoms with van der Waals surface area (Å²) in [5.41, 5.74) is 2.93. The van der Waals surface area contributed by atoms with Crippen LogP contribution in [0.5, 0.6) is 23.0 Å². The molecule has 1 unspecified atom stereocenters. The molecule has 1 heterocycles. The fourth-order valence-electron chi connectivity index (χ4n) is 4.06. The lowest BCUT2D eigenvalue weighted by Gasteiger charge is -2.37. The summed E-state index contributed by atoms with van der Waals surface area (Å²) < 4.78 is 18.4. The number of rotatable bonds is 7. The van der Waals surface area contributed by atoms with E-state index in [0.717, 1.165) is 16.7 Å². The summed E-state index contributed by atoms with van der Waals surface area (Å²) in [6.45, 7) is 0.620. The van der Waals surface area contributed by atoms with Gasteiger partial charge in [0.25, 0.3) is 5.69 Å². The van der Waals surface area contributed by atoms with Crippen molar-refractivity contribution in [3.63, 3.8) is 0 Å². The van der Waals surface area contributed by atoms with E-state index in [2.05, 4.69) is 4.31 Å². The van der Waals surface area contributed by atoms with Gasteiger partial charge in [-0.2, -0.15) is 0 Å². The van der Waals surface area contributed by atoms with Crippen LogP contribution in [0.4, 0.5) is 5.69 Å². The number of benzene rings is 3. The first-order valence-corrected chi connectivity index (χ1v) is 11.0. The molecule has 0 spiro atoms. The average molecular weight is 469 g/mol. The Morgan fingerprint density at radius 3 is 2.42 bits per heavy atom. The van der Waals surface area contributed by atoms with E-state index in [9.17, 15) is 15.2 Å². The summed E-state index contributed by atoms with van der Waals surface area (Å²) in [6, 6.07) is 15.7. The third-order valence-electron chi connectivity index (χ3n) is 5.63. The molecule has 0 aliphatic carbocycles. The molecule has 0 aromatic heterocycles. The van der Waals surface area contributed by atoms with Crippen molar-refractivity contribution in [2.45, 2.75) is 17.4 Å². The normalized spacial score (nSPS) is 15.5. The van der Waals surface area contributed by atoms with Gasteiger partial charge in [-0.15, -0.1) is 0 Å². The Labute approximate surface area is 196 Å². The van der Waals surface area contributed by atoms with Gasteiger partial charge in [0.15, 0.2) is 23.0 Å². The number of para-hydroxylation sites is 1. The number of phenolic OH excluding ortho intramolecular Hbond substituents is 1. The van der Waals surface area contributed by atoms with Crippen LogP contribution in [0.15, 0.2) is 59.5 Å². The van der Waals surface area contributed by atoms with Crippen molar-refractivity contribution < 1.29 is 24.2 Å². The first-order chi connectivity index (χ1) is 16.0. The monoisotopic (exact) mass is 468 g/mol. The predicted molar refractivity (Wildman–Crippen MR) is 125 cm³/mol. The van der Waals surface area contributed by atoms with E-state index in [1.165, 1.54) is 25.1 Å². The lowest BCUT2D eigenvalue weighted by molar-refractivity contribution is -0.387. The fourth-order valence-corrected chi connectivity index (χ4v) is 5.21. The smallest absolute Gasteiger partial charge is 0.284 e. The van der Waals surface area contributed by atoms with Gasteiger partial charge in [0, 0.05) is 12.6 Å². The molecule has 0 fully saturated rings. The summed E-state index contributed by atoms with van der Waals surface area (Å²) >= 11 is 1.34. The number of aromatic hydroxyl groups is 1. The molecule has 0 bridgehead atoms. The van der Waals surface area contributed by atoms with Crippen LogP contribution < -0.4 is 14.2 Å². The van der Waals surface area contributed by atoms with Crippen LogP contribution in [-0.4, -0.2) is 42.2 Å². The van der Waals surface area contributed by atoms with Crippen LogP contribution in [0.3, 0.4) is 0 Å². The largest absolute Gasteiger partial charge is 0.504 e. The van der Waals surface area contributed by atoms with E-state index in [1.54, 1.807) is 38.5 Å². The molecule has 0 saturated heterocycles. The van der Waals surface area contributed by atoms with E-state index < -0.39 is 0 Å². The van der Waals surface area contributed by atoms with E-state index in [1.807, 2.05) is 24.3 Å². The van der Waals surface area contributed by atoms with Crippen molar-refractivity contribution in [2.24, 2.45) is 0 Å². The molecule has 9 heteroatoms. The van der Waals surface area contributed by atoms with Crippen molar-refractivity contribution in [1.29, 1.82) is 0 Å². The maximum absolute atomic E-state index is 11.6. The van der Waals surface area contributed by atoms with E-state index >= 15 is 0 Å². The summed E-state index contributed by atoms with van der Waals surface area (Å²) in [5.74, 6) is 1.65. The van der Waals surface area contributed by atoms with Gasteiger partial charge in [-0.3, -0.25) is 10.1 Å². The van der Waals surface area contributed by atoms with Crippen LogP contribution in [0, 0.1) is 10.1 Å². The lowest BCUT2D eigenvalue weighted by Crippen LogP contribution is -2.31. The van der Waals surface area contributed by atoms with Crippen LogP contribution in [0.25, 0.3) is 0 Å². The highest BCUT2D eigenvalue weighted by Gasteiger charge is 2.33. The molecule has 3 aromatic carbocycles.